The smallest absolute Gasteiger partial charge is 0.261 e. The van der Waals surface area contributed by atoms with Crippen LogP contribution in [-0.4, -0.2) is 16.1 Å². The lowest BCUT2D eigenvalue weighted by Gasteiger charge is -2.15. The highest BCUT2D eigenvalue weighted by Crippen LogP contribution is 2.36. The number of nitrogens with one attached hydrogen (secondary N) is 1. The van der Waals surface area contributed by atoms with Gasteiger partial charge in [0.05, 0.1) is 0 Å². The molecule has 1 atom stereocenters. The maximum Gasteiger partial charge on any atom is 0.261 e. The van der Waals surface area contributed by atoms with Gasteiger partial charge in [-0.3, -0.25) is 15.0 Å². The second-order valence-electron chi connectivity index (χ2n) is 5.14. The quantitative estimate of drug-likeness (QED) is 0.418. The Bertz CT molecular complexity index is 793. The molecule has 0 spiro atoms. The predicted molar refractivity (Wildman–Crippen MR) is 94.6 cm³/mol. The third-order valence-electron chi connectivity index (χ3n) is 3.57. The largest absolute Gasteiger partial charge is 0.289 e. The number of amides is 1. The van der Waals surface area contributed by atoms with E-state index in [0.717, 1.165) is 21.6 Å². The first-order chi connectivity index (χ1) is 11.8. The number of carbonyl (C=O) groups excluding carboxylic acids is 1. The molecule has 2 N–H and O–H groups in total. The van der Waals surface area contributed by atoms with Crippen molar-refractivity contribution in [2.75, 3.05) is 0 Å². The average Bonchev–Trinajstić information content (AvgIpc) is 2.67. The maximum atomic E-state index is 12.1. The lowest BCUT2D eigenvalue weighted by Crippen LogP contribution is -2.24. The van der Waals surface area contributed by atoms with Crippen molar-refractivity contribution in [2.24, 2.45) is 0 Å². The molecule has 0 aliphatic rings. The summed E-state index contributed by atoms with van der Waals surface area (Å²) in [5, 5.41) is 8.53. The molecule has 3 rings (SSSR count). The summed E-state index contributed by atoms with van der Waals surface area (Å²) in [6, 6.07) is 21.3. The molecular formula is C19H16N2O2S. The molecule has 0 fully saturated rings. The summed E-state index contributed by atoms with van der Waals surface area (Å²) in [4.78, 5) is 17.1. The average molecular weight is 336 g/mol. The fourth-order valence-electron chi connectivity index (χ4n) is 2.36. The van der Waals surface area contributed by atoms with Gasteiger partial charge in [0.25, 0.3) is 5.91 Å². The van der Waals surface area contributed by atoms with Gasteiger partial charge >= 0.3 is 0 Å². The Morgan fingerprint density at radius 1 is 0.917 bits per heavy atom. The summed E-state index contributed by atoms with van der Waals surface area (Å²) in [6.45, 7) is 0. The molecule has 0 saturated carbocycles. The summed E-state index contributed by atoms with van der Waals surface area (Å²) in [6.07, 6.45) is 3.49. The van der Waals surface area contributed by atoms with Gasteiger partial charge in [-0.15, -0.1) is 11.8 Å². The number of nitrogens with zero attached hydrogens (tertiary/aromatic N) is 1. The number of hydrogen-bond donors (Lipinski definition) is 2. The van der Waals surface area contributed by atoms with Crippen molar-refractivity contribution in [2.45, 2.75) is 10.1 Å². The first kappa shape index (κ1) is 16.2. The molecule has 0 radical (unpaired) electrons. The van der Waals surface area contributed by atoms with Crippen LogP contribution < -0.4 is 5.48 Å². The van der Waals surface area contributed by atoms with E-state index in [9.17, 15) is 4.79 Å². The predicted octanol–water partition coefficient (Wildman–Crippen LogP) is 4.09. The van der Waals surface area contributed by atoms with Gasteiger partial charge in [0.2, 0.25) is 0 Å². The Labute approximate surface area is 144 Å². The number of rotatable bonds is 5. The van der Waals surface area contributed by atoms with Crippen molar-refractivity contribution in [3.05, 3.63) is 84.7 Å². The van der Waals surface area contributed by atoms with Gasteiger partial charge < -0.3 is 0 Å². The summed E-state index contributed by atoms with van der Waals surface area (Å²) in [5.41, 5.74) is 4.70. The molecule has 120 valence electrons. The fourth-order valence-corrected chi connectivity index (χ4v) is 3.40. The van der Waals surface area contributed by atoms with Crippen molar-refractivity contribution in [1.29, 1.82) is 0 Å². The molecule has 2 aromatic carbocycles. The molecule has 3 aromatic rings. The number of pyridine rings is 1. The van der Waals surface area contributed by atoms with Crippen LogP contribution in [0.1, 0.15) is 10.8 Å². The van der Waals surface area contributed by atoms with Gasteiger partial charge in [-0.1, -0.05) is 42.5 Å². The zero-order valence-electron chi connectivity index (χ0n) is 12.8. The Morgan fingerprint density at radius 2 is 1.54 bits per heavy atom. The normalized spacial score (nSPS) is 11.7. The number of hydroxylamine groups is 1. The molecule has 4 nitrogen and oxygen atoms in total. The zero-order chi connectivity index (χ0) is 16.8. The molecule has 1 amide bonds. The molecule has 0 aliphatic heterocycles. The number of carbonyl (C=O) groups is 1. The van der Waals surface area contributed by atoms with Crippen LogP contribution >= 0.6 is 11.8 Å². The Morgan fingerprint density at radius 3 is 2.17 bits per heavy atom. The van der Waals surface area contributed by atoms with Crippen LogP contribution in [0.25, 0.3) is 11.1 Å². The highest BCUT2D eigenvalue weighted by Gasteiger charge is 2.21. The summed E-state index contributed by atoms with van der Waals surface area (Å²) < 4.78 is 0. The molecule has 0 bridgehead atoms. The lowest BCUT2D eigenvalue weighted by molar-refractivity contribution is -0.128. The van der Waals surface area contributed by atoms with E-state index in [1.165, 1.54) is 11.8 Å². The zero-order valence-corrected chi connectivity index (χ0v) is 13.6. The number of benzene rings is 2. The summed E-state index contributed by atoms with van der Waals surface area (Å²) >= 11 is 1.39. The number of thioether (sulfide) groups is 1. The van der Waals surface area contributed by atoms with E-state index in [1.807, 2.05) is 66.7 Å². The molecule has 0 saturated heterocycles. The topological polar surface area (TPSA) is 62.2 Å². The van der Waals surface area contributed by atoms with Gasteiger partial charge in [0.15, 0.2) is 0 Å². The standard InChI is InChI=1S/C19H16N2O2S/c22-19(21-23)18(24-17-4-2-1-3-5-17)16-8-6-14(7-9-16)15-10-12-20-13-11-15/h1-13,18,23H,(H,21,22). The highest BCUT2D eigenvalue weighted by atomic mass is 32.2. The van der Waals surface area contributed by atoms with E-state index in [-0.39, 0.29) is 0 Å². The fraction of sp³-hybridized carbons (Fsp3) is 0.0526. The van der Waals surface area contributed by atoms with Gasteiger partial charge in [-0.05, 0) is 41.0 Å². The van der Waals surface area contributed by atoms with E-state index < -0.39 is 11.2 Å². The van der Waals surface area contributed by atoms with Crippen molar-refractivity contribution < 1.29 is 10.0 Å². The van der Waals surface area contributed by atoms with E-state index in [4.69, 9.17) is 5.21 Å². The van der Waals surface area contributed by atoms with Crippen LogP contribution in [0, 0.1) is 0 Å². The van der Waals surface area contributed by atoms with Crippen molar-refractivity contribution >= 4 is 17.7 Å². The SMILES string of the molecule is O=C(NO)C(Sc1ccccc1)c1ccc(-c2ccncc2)cc1. The van der Waals surface area contributed by atoms with Crippen LogP contribution in [0.3, 0.4) is 0 Å². The Hall–Kier alpha value is -2.63. The molecule has 1 unspecified atom stereocenters. The minimum atomic E-state index is -0.524. The van der Waals surface area contributed by atoms with Crippen LogP contribution in [0.5, 0.6) is 0 Å². The van der Waals surface area contributed by atoms with E-state index in [0.29, 0.717) is 0 Å². The molecule has 1 aromatic heterocycles. The highest BCUT2D eigenvalue weighted by molar-refractivity contribution is 8.00. The summed E-state index contributed by atoms with van der Waals surface area (Å²) in [7, 11) is 0. The van der Waals surface area contributed by atoms with Crippen molar-refractivity contribution in [3.8, 4) is 11.1 Å². The second kappa shape index (κ2) is 7.77. The number of hydrogen-bond acceptors (Lipinski definition) is 4. The van der Waals surface area contributed by atoms with Gasteiger partial charge in [-0.2, -0.15) is 0 Å². The lowest BCUT2D eigenvalue weighted by atomic mass is 10.0. The summed E-state index contributed by atoms with van der Waals surface area (Å²) in [5.74, 6) is -0.444. The third-order valence-corrected chi connectivity index (χ3v) is 4.84. The first-order valence-corrected chi connectivity index (χ1v) is 8.32. The van der Waals surface area contributed by atoms with Gasteiger partial charge in [0, 0.05) is 17.3 Å². The first-order valence-electron chi connectivity index (χ1n) is 7.44. The van der Waals surface area contributed by atoms with Gasteiger partial charge in [-0.25, -0.2) is 5.48 Å². The Balaban J connectivity index is 1.86. The molecule has 24 heavy (non-hydrogen) atoms. The van der Waals surface area contributed by atoms with Gasteiger partial charge in [0.1, 0.15) is 5.25 Å². The maximum absolute atomic E-state index is 12.1. The minimum absolute atomic E-state index is 0.444. The van der Waals surface area contributed by atoms with E-state index in [2.05, 4.69) is 4.98 Å². The second-order valence-corrected chi connectivity index (χ2v) is 6.32. The molecule has 5 heteroatoms. The third kappa shape index (κ3) is 3.82. The van der Waals surface area contributed by atoms with Crippen molar-refractivity contribution in [1.82, 2.24) is 10.5 Å². The van der Waals surface area contributed by atoms with E-state index in [1.54, 1.807) is 17.9 Å². The minimum Gasteiger partial charge on any atom is -0.289 e. The van der Waals surface area contributed by atoms with Crippen molar-refractivity contribution in [3.63, 3.8) is 0 Å². The van der Waals surface area contributed by atoms with Crippen LogP contribution in [0.4, 0.5) is 0 Å². The molecule has 0 aliphatic carbocycles. The van der Waals surface area contributed by atoms with Crippen LogP contribution in [-0.2, 0) is 4.79 Å². The monoisotopic (exact) mass is 336 g/mol. The van der Waals surface area contributed by atoms with Crippen LogP contribution in [0.15, 0.2) is 84.0 Å². The molecule has 1 heterocycles. The van der Waals surface area contributed by atoms with Crippen LogP contribution in [0.2, 0.25) is 0 Å². The number of aromatic nitrogens is 1. The molecular weight excluding hydrogens is 320 g/mol. The Kier molecular flexibility index (Phi) is 5.25. The van der Waals surface area contributed by atoms with E-state index >= 15 is 0 Å².